The maximum atomic E-state index is 9.22. The van der Waals surface area contributed by atoms with Crippen molar-refractivity contribution in [2.45, 2.75) is 20.5 Å². The van der Waals surface area contributed by atoms with Crippen molar-refractivity contribution in [1.29, 1.82) is 0 Å². The number of fused-ring (bicyclic) bond motifs is 1. The molecule has 0 aliphatic carbocycles. The predicted molar refractivity (Wildman–Crippen MR) is 82.6 cm³/mol. The summed E-state index contributed by atoms with van der Waals surface area (Å²) in [5, 5.41) is 9.22. The molecule has 2 aromatic heterocycles. The summed E-state index contributed by atoms with van der Waals surface area (Å²) in [6.07, 6.45) is 3.90. The van der Waals surface area contributed by atoms with Gasteiger partial charge in [0, 0.05) is 18.0 Å². The Hall–Kier alpha value is -2.33. The lowest BCUT2D eigenvalue weighted by Gasteiger charge is -2.09. The zero-order chi connectivity index (χ0) is 15.0. The van der Waals surface area contributed by atoms with Gasteiger partial charge in [-0.3, -0.25) is 0 Å². The maximum absolute atomic E-state index is 9.22. The third-order valence-corrected chi connectivity index (χ3v) is 3.69. The first kappa shape index (κ1) is 13.6. The van der Waals surface area contributed by atoms with Crippen LogP contribution in [0.4, 0.5) is 0 Å². The largest absolute Gasteiger partial charge is 0.497 e. The molecular formula is C17H18N2O2. The second-order valence-electron chi connectivity index (χ2n) is 5.22. The molecule has 4 heteroatoms. The van der Waals surface area contributed by atoms with Crippen molar-refractivity contribution >= 4 is 5.65 Å². The molecule has 0 atom stereocenters. The van der Waals surface area contributed by atoms with Gasteiger partial charge in [-0.15, -0.1) is 0 Å². The molecule has 108 valence electrons. The lowest BCUT2D eigenvalue weighted by Crippen LogP contribution is -1.91. The van der Waals surface area contributed by atoms with Crippen molar-refractivity contribution in [3.8, 4) is 17.0 Å². The molecule has 0 aliphatic rings. The average Bonchev–Trinajstić information content (AvgIpc) is 2.88. The molecule has 0 radical (unpaired) electrons. The molecule has 0 amide bonds. The van der Waals surface area contributed by atoms with E-state index < -0.39 is 0 Å². The van der Waals surface area contributed by atoms with Gasteiger partial charge in [0.1, 0.15) is 11.4 Å². The fourth-order valence-electron chi connectivity index (χ4n) is 2.70. The molecule has 3 aromatic rings. The minimum Gasteiger partial charge on any atom is -0.497 e. The number of benzene rings is 1. The number of ether oxygens (including phenoxy) is 1. The molecule has 1 N–H and O–H groups in total. The molecule has 2 heterocycles. The highest BCUT2D eigenvalue weighted by Crippen LogP contribution is 2.30. The Kier molecular flexibility index (Phi) is 3.39. The Morgan fingerprint density at radius 2 is 1.86 bits per heavy atom. The first-order valence-electron chi connectivity index (χ1n) is 6.86. The van der Waals surface area contributed by atoms with Gasteiger partial charge in [0.05, 0.1) is 19.4 Å². The highest BCUT2D eigenvalue weighted by Gasteiger charge is 2.12. The molecule has 0 aliphatic heterocycles. The van der Waals surface area contributed by atoms with Gasteiger partial charge in [0.25, 0.3) is 0 Å². The standard InChI is InChI=1S/C17H18N2O2/c1-11-6-14(21-3)7-12(2)17(11)15-9-19-8-13(10-20)4-5-16(19)18-15/h4-9,20H,10H2,1-3H3. The van der Waals surface area contributed by atoms with Crippen LogP contribution in [-0.4, -0.2) is 21.6 Å². The van der Waals surface area contributed by atoms with Crippen molar-refractivity contribution in [2.75, 3.05) is 7.11 Å². The lowest BCUT2D eigenvalue weighted by atomic mass is 10.00. The first-order chi connectivity index (χ1) is 10.1. The Balaban J connectivity index is 2.16. The number of imidazole rings is 1. The van der Waals surface area contributed by atoms with Crippen LogP contribution in [0.2, 0.25) is 0 Å². The Morgan fingerprint density at radius 1 is 1.14 bits per heavy atom. The number of pyridine rings is 1. The quantitative estimate of drug-likeness (QED) is 0.803. The van der Waals surface area contributed by atoms with E-state index in [9.17, 15) is 5.11 Å². The number of aliphatic hydroxyl groups is 1. The van der Waals surface area contributed by atoms with Gasteiger partial charge in [0.2, 0.25) is 0 Å². The van der Waals surface area contributed by atoms with Crippen LogP contribution in [0.5, 0.6) is 5.75 Å². The van der Waals surface area contributed by atoms with Crippen molar-refractivity contribution in [3.05, 3.63) is 53.3 Å². The van der Waals surface area contributed by atoms with Crippen LogP contribution in [0.25, 0.3) is 16.9 Å². The summed E-state index contributed by atoms with van der Waals surface area (Å²) in [4.78, 5) is 4.68. The zero-order valence-corrected chi connectivity index (χ0v) is 12.4. The van der Waals surface area contributed by atoms with Gasteiger partial charge in [-0.05, 0) is 48.7 Å². The maximum Gasteiger partial charge on any atom is 0.137 e. The summed E-state index contributed by atoms with van der Waals surface area (Å²) < 4.78 is 7.25. The predicted octanol–water partition coefficient (Wildman–Crippen LogP) is 3.12. The number of aliphatic hydroxyl groups excluding tert-OH is 1. The van der Waals surface area contributed by atoms with Gasteiger partial charge in [0.15, 0.2) is 0 Å². The number of aryl methyl sites for hydroxylation is 2. The molecule has 0 saturated carbocycles. The number of hydrogen-bond acceptors (Lipinski definition) is 3. The molecule has 0 spiro atoms. The molecule has 21 heavy (non-hydrogen) atoms. The first-order valence-corrected chi connectivity index (χ1v) is 6.86. The van der Waals surface area contributed by atoms with Gasteiger partial charge >= 0.3 is 0 Å². The molecule has 0 fully saturated rings. The highest BCUT2D eigenvalue weighted by molar-refractivity contribution is 5.70. The highest BCUT2D eigenvalue weighted by atomic mass is 16.5. The Morgan fingerprint density at radius 3 is 2.48 bits per heavy atom. The van der Waals surface area contributed by atoms with E-state index in [-0.39, 0.29) is 6.61 Å². The van der Waals surface area contributed by atoms with Crippen LogP contribution in [-0.2, 0) is 6.61 Å². The molecule has 0 unspecified atom stereocenters. The summed E-state index contributed by atoms with van der Waals surface area (Å²) in [7, 11) is 1.68. The van der Waals surface area contributed by atoms with Crippen LogP contribution in [0, 0.1) is 13.8 Å². The van der Waals surface area contributed by atoms with Crippen molar-refractivity contribution in [1.82, 2.24) is 9.38 Å². The number of nitrogens with zero attached hydrogens (tertiary/aromatic N) is 2. The van der Waals surface area contributed by atoms with Gasteiger partial charge in [-0.2, -0.15) is 0 Å². The third-order valence-electron chi connectivity index (χ3n) is 3.69. The Labute approximate surface area is 123 Å². The van der Waals surface area contributed by atoms with Crippen molar-refractivity contribution in [2.24, 2.45) is 0 Å². The average molecular weight is 282 g/mol. The summed E-state index contributed by atoms with van der Waals surface area (Å²) in [6.45, 7) is 4.16. The van der Waals surface area contributed by atoms with Crippen molar-refractivity contribution in [3.63, 3.8) is 0 Å². The molecule has 4 nitrogen and oxygen atoms in total. The fourth-order valence-corrected chi connectivity index (χ4v) is 2.70. The van der Waals surface area contributed by atoms with Crippen molar-refractivity contribution < 1.29 is 9.84 Å². The zero-order valence-electron chi connectivity index (χ0n) is 12.4. The summed E-state index contributed by atoms with van der Waals surface area (Å²) >= 11 is 0. The van der Waals surface area contributed by atoms with E-state index in [1.165, 1.54) is 0 Å². The van der Waals surface area contributed by atoms with Gasteiger partial charge in [-0.25, -0.2) is 4.98 Å². The van der Waals surface area contributed by atoms with E-state index in [0.717, 1.165) is 39.3 Å². The van der Waals surface area contributed by atoms with E-state index in [2.05, 4.69) is 18.8 Å². The van der Waals surface area contributed by atoms with Crippen LogP contribution in [0.1, 0.15) is 16.7 Å². The third kappa shape index (κ3) is 2.38. The minimum absolute atomic E-state index is 0.0318. The molecule has 1 aromatic carbocycles. The van der Waals surface area contributed by atoms with Crippen LogP contribution in [0.15, 0.2) is 36.7 Å². The molecule has 0 saturated heterocycles. The smallest absolute Gasteiger partial charge is 0.137 e. The number of methoxy groups -OCH3 is 1. The normalized spacial score (nSPS) is 11.0. The van der Waals surface area contributed by atoms with E-state index >= 15 is 0 Å². The monoisotopic (exact) mass is 282 g/mol. The number of hydrogen-bond donors (Lipinski definition) is 1. The Bertz CT molecular complexity index is 783. The lowest BCUT2D eigenvalue weighted by molar-refractivity contribution is 0.281. The van der Waals surface area contributed by atoms with E-state index in [1.807, 2.05) is 41.1 Å². The van der Waals surface area contributed by atoms with Gasteiger partial charge < -0.3 is 14.2 Å². The van der Waals surface area contributed by atoms with E-state index in [1.54, 1.807) is 7.11 Å². The summed E-state index contributed by atoms with van der Waals surface area (Å²) in [5.74, 6) is 0.861. The van der Waals surface area contributed by atoms with Crippen LogP contribution in [0.3, 0.4) is 0 Å². The van der Waals surface area contributed by atoms with E-state index in [4.69, 9.17) is 4.74 Å². The second kappa shape index (κ2) is 5.22. The molecule has 0 bridgehead atoms. The number of aromatic nitrogens is 2. The van der Waals surface area contributed by atoms with Crippen LogP contribution < -0.4 is 4.74 Å². The second-order valence-corrected chi connectivity index (χ2v) is 5.22. The number of rotatable bonds is 3. The minimum atomic E-state index is 0.0318. The summed E-state index contributed by atoms with van der Waals surface area (Å²) in [5.41, 5.74) is 6.08. The molecule has 3 rings (SSSR count). The fraction of sp³-hybridized carbons (Fsp3) is 0.235. The van der Waals surface area contributed by atoms with Crippen LogP contribution >= 0.6 is 0 Å². The molecular weight excluding hydrogens is 264 g/mol. The van der Waals surface area contributed by atoms with Gasteiger partial charge in [-0.1, -0.05) is 6.07 Å². The summed E-state index contributed by atoms with van der Waals surface area (Å²) in [6, 6.07) is 7.85. The topological polar surface area (TPSA) is 46.8 Å². The SMILES string of the molecule is COc1cc(C)c(-c2cn3cc(CO)ccc3n2)c(C)c1. The van der Waals surface area contributed by atoms with E-state index in [0.29, 0.717) is 0 Å².